The third-order valence-electron chi connectivity index (χ3n) is 7.62. The molecule has 2 saturated carbocycles. The molecule has 1 aliphatic heterocycles. The summed E-state index contributed by atoms with van der Waals surface area (Å²) in [7, 11) is 0. The number of amides is 1. The Morgan fingerprint density at radius 2 is 1.97 bits per heavy atom. The molecule has 0 saturated heterocycles. The predicted octanol–water partition coefficient (Wildman–Crippen LogP) is 4.93. The standard InChI is InChI=1S/C28H29N5O/c1-3-22-8-9-23(21-14-30-33(16-21)18-28(2)10-4-5-11-28)26(31-22)20-12-24-25(29-13-20)17-32(27(24)34)15-19-6-7-19/h1,8-9,12-14,16,19H,4-7,10-11,15,17-18H2,2H3. The molecule has 34 heavy (non-hydrogen) atoms. The van der Waals surface area contributed by atoms with Gasteiger partial charge in [0.15, 0.2) is 0 Å². The fraction of sp³-hybridized carbons (Fsp3) is 0.429. The Morgan fingerprint density at radius 3 is 2.74 bits per heavy atom. The number of fused-ring (bicyclic) bond motifs is 1. The van der Waals surface area contributed by atoms with Crippen molar-refractivity contribution in [2.45, 2.75) is 58.5 Å². The van der Waals surface area contributed by atoms with Crippen LogP contribution in [-0.2, 0) is 13.1 Å². The van der Waals surface area contributed by atoms with Crippen LogP contribution in [0.2, 0.25) is 0 Å². The SMILES string of the molecule is C#Cc1ccc(-c2cnn(CC3(C)CCCC3)c2)c(-c2cnc3c(c2)C(=O)N(CC2CC2)C3)n1. The fourth-order valence-corrected chi connectivity index (χ4v) is 5.48. The van der Waals surface area contributed by atoms with Crippen LogP contribution in [0.4, 0.5) is 0 Å². The second kappa shape index (κ2) is 8.09. The van der Waals surface area contributed by atoms with Gasteiger partial charge in [0.25, 0.3) is 5.91 Å². The van der Waals surface area contributed by atoms with Gasteiger partial charge >= 0.3 is 0 Å². The Labute approximate surface area is 200 Å². The summed E-state index contributed by atoms with van der Waals surface area (Å²) in [5, 5.41) is 4.66. The Bertz CT molecular complexity index is 1310. The number of hydrogen-bond donors (Lipinski definition) is 0. The third kappa shape index (κ3) is 3.90. The number of pyridine rings is 2. The fourth-order valence-electron chi connectivity index (χ4n) is 5.48. The van der Waals surface area contributed by atoms with Crippen LogP contribution in [0, 0.1) is 23.7 Å². The van der Waals surface area contributed by atoms with Crippen LogP contribution in [0.25, 0.3) is 22.4 Å². The van der Waals surface area contributed by atoms with Crippen molar-refractivity contribution in [3.05, 3.63) is 53.7 Å². The summed E-state index contributed by atoms with van der Waals surface area (Å²) < 4.78 is 2.06. The highest BCUT2D eigenvalue weighted by Gasteiger charge is 2.34. The normalized spacial score (nSPS) is 18.8. The molecule has 1 amide bonds. The summed E-state index contributed by atoms with van der Waals surface area (Å²) in [6.45, 7) is 4.71. The van der Waals surface area contributed by atoms with Crippen LogP contribution in [-0.4, -0.2) is 37.1 Å². The summed E-state index contributed by atoms with van der Waals surface area (Å²) in [5.41, 5.74) is 5.90. The van der Waals surface area contributed by atoms with Gasteiger partial charge < -0.3 is 4.90 Å². The molecule has 0 bridgehead atoms. The zero-order chi connectivity index (χ0) is 23.3. The first-order valence-corrected chi connectivity index (χ1v) is 12.3. The highest BCUT2D eigenvalue weighted by Crippen LogP contribution is 2.39. The Hall–Kier alpha value is -3.46. The molecule has 4 heterocycles. The quantitative estimate of drug-likeness (QED) is 0.498. The molecule has 0 N–H and O–H groups in total. The molecule has 2 fully saturated rings. The number of carbonyl (C=O) groups is 1. The van der Waals surface area contributed by atoms with Gasteiger partial charge in [-0.25, -0.2) is 4.98 Å². The molecule has 0 atom stereocenters. The molecule has 172 valence electrons. The lowest BCUT2D eigenvalue weighted by Crippen LogP contribution is -2.26. The number of aromatic nitrogens is 4. The summed E-state index contributed by atoms with van der Waals surface area (Å²) in [5.74, 6) is 3.37. The zero-order valence-corrected chi connectivity index (χ0v) is 19.6. The summed E-state index contributed by atoms with van der Waals surface area (Å²) >= 11 is 0. The van der Waals surface area contributed by atoms with E-state index in [9.17, 15) is 4.79 Å². The van der Waals surface area contributed by atoms with Crippen molar-refractivity contribution >= 4 is 5.91 Å². The van der Waals surface area contributed by atoms with E-state index in [4.69, 9.17) is 11.4 Å². The van der Waals surface area contributed by atoms with Crippen LogP contribution in [0.5, 0.6) is 0 Å². The van der Waals surface area contributed by atoms with Gasteiger partial charge in [0.2, 0.25) is 0 Å². The number of hydrogen-bond acceptors (Lipinski definition) is 4. The van der Waals surface area contributed by atoms with Gasteiger partial charge in [-0.05, 0) is 55.2 Å². The second-order valence-corrected chi connectivity index (χ2v) is 10.5. The maximum Gasteiger partial charge on any atom is 0.256 e. The van der Waals surface area contributed by atoms with Gasteiger partial charge in [-0.1, -0.05) is 25.7 Å². The first-order valence-electron chi connectivity index (χ1n) is 12.3. The number of terminal acetylenes is 1. The third-order valence-corrected chi connectivity index (χ3v) is 7.62. The predicted molar refractivity (Wildman–Crippen MR) is 131 cm³/mol. The molecule has 0 aromatic carbocycles. The monoisotopic (exact) mass is 451 g/mol. The van der Waals surface area contributed by atoms with E-state index in [2.05, 4.69) is 33.8 Å². The molecule has 0 spiro atoms. The van der Waals surface area contributed by atoms with Gasteiger partial charge in [0.1, 0.15) is 5.69 Å². The topological polar surface area (TPSA) is 63.9 Å². The molecule has 3 aromatic rings. The molecule has 3 aliphatic rings. The molecule has 0 radical (unpaired) electrons. The van der Waals surface area contributed by atoms with Crippen molar-refractivity contribution < 1.29 is 4.79 Å². The molecule has 6 nitrogen and oxygen atoms in total. The summed E-state index contributed by atoms with van der Waals surface area (Å²) in [6, 6.07) is 5.80. The summed E-state index contributed by atoms with van der Waals surface area (Å²) in [6.07, 6.45) is 19.0. The molecular weight excluding hydrogens is 422 g/mol. The molecule has 6 rings (SSSR count). The van der Waals surface area contributed by atoms with E-state index < -0.39 is 0 Å². The van der Waals surface area contributed by atoms with Crippen LogP contribution in [0.3, 0.4) is 0 Å². The van der Waals surface area contributed by atoms with Gasteiger partial charge in [0, 0.05) is 42.2 Å². The molecule has 6 heteroatoms. The van der Waals surface area contributed by atoms with Crippen molar-refractivity contribution in [2.24, 2.45) is 11.3 Å². The van der Waals surface area contributed by atoms with Crippen molar-refractivity contribution in [2.75, 3.05) is 6.54 Å². The van der Waals surface area contributed by atoms with Crippen molar-refractivity contribution in [3.63, 3.8) is 0 Å². The Kier molecular flexibility index (Phi) is 5.02. The number of carbonyl (C=O) groups excluding carboxylic acids is 1. The minimum absolute atomic E-state index is 0.0727. The largest absolute Gasteiger partial charge is 0.332 e. The lowest BCUT2D eigenvalue weighted by Gasteiger charge is -2.22. The lowest BCUT2D eigenvalue weighted by molar-refractivity contribution is 0.0770. The van der Waals surface area contributed by atoms with Gasteiger partial charge in [0.05, 0.1) is 29.7 Å². The van der Waals surface area contributed by atoms with Crippen LogP contribution >= 0.6 is 0 Å². The molecule has 2 aliphatic carbocycles. The maximum absolute atomic E-state index is 13.0. The van der Waals surface area contributed by atoms with E-state index in [0.29, 0.717) is 29.1 Å². The van der Waals surface area contributed by atoms with Crippen LogP contribution in [0.15, 0.2) is 36.8 Å². The number of nitrogens with zero attached hydrogens (tertiary/aromatic N) is 5. The molecule has 3 aromatic heterocycles. The summed E-state index contributed by atoms with van der Waals surface area (Å²) in [4.78, 5) is 24.4. The Morgan fingerprint density at radius 1 is 1.15 bits per heavy atom. The van der Waals surface area contributed by atoms with Crippen LogP contribution < -0.4 is 0 Å². The smallest absolute Gasteiger partial charge is 0.256 e. The van der Waals surface area contributed by atoms with Crippen LogP contribution in [0.1, 0.15) is 67.2 Å². The van der Waals surface area contributed by atoms with Gasteiger partial charge in [-0.2, -0.15) is 5.10 Å². The lowest BCUT2D eigenvalue weighted by atomic mass is 9.89. The van der Waals surface area contributed by atoms with Crippen molar-refractivity contribution in [3.8, 4) is 34.7 Å². The van der Waals surface area contributed by atoms with E-state index in [-0.39, 0.29) is 5.91 Å². The average molecular weight is 452 g/mol. The van der Waals surface area contributed by atoms with E-state index in [1.54, 1.807) is 0 Å². The van der Waals surface area contributed by atoms with Gasteiger partial charge in [-0.15, -0.1) is 6.42 Å². The highest BCUT2D eigenvalue weighted by atomic mass is 16.2. The number of rotatable bonds is 6. The second-order valence-electron chi connectivity index (χ2n) is 10.5. The van der Waals surface area contributed by atoms with Gasteiger partial charge in [-0.3, -0.25) is 14.5 Å². The Balaban J connectivity index is 1.34. The average Bonchev–Trinajstić information content (AvgIpc) is 3.22. The first kappa shape index (κ1) is 21.1. The zero-order valence-electron chi connectivity index (χ0n) is 19.6. The van der Waals surface area contributed by atoms with E-state index in [1.165, 1.54) is 38.5 Å². The first-order chi connectivity index (χ1) is 16.5. The minimum atomic E-state index is 0.0727. The molecular formula is C28H29N5O. The van der Waals surface area contributed by atoms with E-state index in [1.807, 2.05) is 35.5 Å². The highest BCUT2D eigenvalue weighted by molar-refractivity contribution is 5.99. The molecule has 0 unspecified atom stereocenters. The van der Waals surface area contributed by atoms with Crippen molar-refractivity contribution in [1.82, 2.24) is 24.6 Å². The van der Waals surface area contributed by atoms with E-state index >= 15 is 0 Å². The minimum Gasteiger partial charge on any atom is -0.332 e. The maximum atomic E-state index is 13.0. The van der Waals surface area contributed by atoms with Crippen molar-refractivity contribution in [1.29, 1.82) is 0 Å². The van der Waals surface area contributed by atoms with E-state index in [0.717, 1.165) is 41.2 Å².